The topological polar surface area (TPSA) is 83.5 Å². The summed E-state index contributed by atoms with van der Waals surface area (Å²) in [6.45, 7) is 1.55. The second-order valence-corrected chi connectivity index (χ2v) is 7.38. The van der Waals surface area contributed by atoms with Crippen molar-refractivity contribution in [2.75, 3.05) is 47.6 Å². The predicted molar refractivity (Wildman–Crippen MR) is 117 cm³/mol. The van der Waals surface area contributed by atoms with E-state index in [9.17, 15) is 9.59 Å². The summed E-state index contributed by atoms with van der Waals surface area (Å²) in [6, 6.07) is 15.1. The van der Waals surface area contributed by atoms with Gasteiger partial charge in [-0.25, -0.2) is 4.79 Å². The van der Waals surface area contributed by atoms with Crippen LogP contribution in [0, 0.1) is 5.92 Å². The summed E-state index contributed by atoms with van der Waals surface area (Å²) in [4.78, 5) is 25.9. The number of likely N-dealkylation sites (tertiary alicyclic amines) is 1. The van der Waals surface area contributed by atoms with Crippen molar-refractivity contribution in [2.45, 2.75) is 12.3 Å². The highest BCUT2D eigenvalue weighted by Gasteiger charge is 2.41. The van der Waals surface area contributed by atoms with Gasteiger partial charge in [0.15, 0.2) is 11.5 Å². The number of amides is 1. The average molecular weight is 443 g/mol. The molecule has 1 amide bonds. The molecule has 2 aromatic carbocycles. The molecule has 0 radical (unpaired) electrons. The minimum Gasteiger partial charge on any atom is -0.493 e. The third-order valence-corrected chi connectivity index (χ3v) is 5.43. The first kappa shape index (κ1) is 23.2. The van der Waals surface area contributed by atoms with Crippen molar-refractivity contribution in [1.29, 1.82) is 0 Å². The number of esters is 1. The Hall–Kier alpha value is -3.42. The maximum Gasteiger partial charge on any atom is 0.409 e. The second-order valence-electron chi connectivity index (χ2n) is 7.38. The molecule has 1 fully saturated rings. The van der Waals surface area contributed by atoms with Crippen LogP contribution in [-0.2, 0) is 14.3 Å². The molecule has 0 N–H and O–H groups in total. The van der Waals surface area contributed by atoms with Gasteiger partial charge in [-0.1, -0.05) is 24.3 Å². The van der Waals surface area contributed by atoms with Gasteiger partial charge in [-0.05, 0) is 29.8 Å². The molecule has 2 aromatic rings. The lowest BCUT2D eigenvalue weighted by Gasteiger charge is -2.19. The maximum absolute atomic E-state index is 12.4. The van der Waals surface area contributed by atoms with E-state index in [1.165, 1.54) is 19.1 Å². The van der Waals surface area contributed by atoms with Crippen LogP contribution < -0.4 is 14.2 Å². The highest BCUT2D eigenvalue weighted by atomic mass is 16.5. The largest absolute Gasteiger partial charge is 0.493 e. The first-order chi connectivity index (χ1) is 15.6. The smallest absolute Gasteiger partial charge is 0.409 e. The molecule has 0 unspecified atom stereocenters. The number of hydrogen-bond donors (Lipinski definition) is 0. The number of methoxy groups -OCH3 is 3. The van der Waals surface area contributed by atoms with Gasteiger partial charge >= 0.3 is 12.1 Å². The number of nitrogens with zero attached hydrogens (tertiary/aromatic N) is 1. The normalized spacial score (nSPS) is 17.5. The number of carbonyl (C=O) groups is 2. The molecule has 8 nitrogen and oxygen atoms in total. The van der Waals surface area contributed by atoms with Crippen LogP contribution in [-0.4, -0.2) is 64.6 Å². The van der Waals surface area contributed by atoms with Crippen molar-refractivity contribution in [3.8, 4) is 17.2 Å². The third-order valence-electron chi connectivity index (χ3n) is 5.43. The van der Waals surface area contributed by atoms with Crippen molar-refractivity contribution in [3.05, 3.63) is 54.1 Å². The average Bonchev–Trinajstić information content (AvgIpc) is 3.29. The van der Waals surface area contributed by atoms with Gasteiger partial charge in [-0.3, -0.25) is 4.79 Å². The van der Waals surface area contributed by atoms with Gasteiger partial charge in [0.2, 0.25) is 0 Å². The fourth-order valence-corrected chi connectivity index (χ4v) is 3.79. The standard InChI is InChI=1S/C24H29NO7/c1-28-21-11-10-17(19-15-25(24(27)30-3)16-20(19)23(26)29-2)14-22(21)32-13-7-12-31-18-8-5-4-6-9-18/h4-6,8-11,14,19-20H,7,12-13,15-16H2,1-3H3/t19-,20+/m1/s1. The van der Waals surface area contributed by atoms with Gasteiger partial charge in [0.05, 0.1) is 40.5 Å². The lowest BCUT2D eigenvalue weighted by Crippen LogP contribution is -2.29. The summed E-state index contributed by atoms with van der Waals surface area (Å²) >= 11 is 0. The molecule has 1 saturated heterocycles. The lowest BCUT2D eigenvalue weighted by molar-refractivity contribution is -0.145. The molecule has 8 heteroatoms. The summed E-state index contributed by atoms with van der Waals surface area (Å²) in [5, 5.41) is 0. The number of benzene rings is 2. The van der Waals surface area contributed by atoms with Crippen molar-refractivity contribution in [2.24, 2.45) is 5.92 Å². The zero-order valence-electron chi connectivity index (χ0n) is 18.6. The minimum absolute atomic E-state index is 0.239. The van der Waals surface area contributed by atoms with E-state index in [1.54, 1.807) is 13.2 Å². The Balaban J connectivity index is 1.67. The summed E-state index contributed by atoms with van der Waals surface area (Å²) in [7, 11) is 4.25. The quantitative estimate of drug-likeness (QED) is 0.433. The molecule has 32 heavy (non-hydrogen) atoms. The van der Waals surface area contributed by atoms with Gasteiger partial charge in [-0.2, -0.15) is 0 Å². The molecule has 3 rings (SSSR count). The van der Waals surface area contributed by atoms with E-state index in [2.05, 4.69) is 0 Å². The van der Waals surface area contributed by atoms with Crippen LogP contribution in [0.25, 0.3) is 0 Å². The van der Waals surface area contributed by atoms with Crippen LogP contribution in [0.1, 0.15) is 17.9 Å². The first-order valence-corrected chi connectivity index (χ1v) is 10.5. The number of hydrogen-bond acceptors (Lipinski definition) is 7. The Morgan fingerprint density at radius 3 is 2.34 bits per heavy atom. The van der Waals surface area contributed by atoms with E-state index in [1.807, 2.05) is 42.5 Å². The zero-order chi connectivity index (χ0) is 22.9. The fraction of sp³-hybridized carbons (Fsp3) is 0.417. The molecule has 1 heterocycles. The first-order valence-electron chi connectivity index (χ1n) is 10.5. The molecule has 2 atom stereocenters. The maximum atomic E-state index is 12.4. The van der Waals surface area contributed by atoms with Crippen molar-refractivity contribution in [3.63, 3.8) is 0 Å². The molecule has 1 aliphatic heterocycles. The Kier molecular flexibility index (Phi) is 8.19. The monoisotopic (exact) mass is 443 g/mol. The van der Waals surface area contributed by atoms with E-state index < -0.39 is 12.0 Å². The van der Waals surface area contributed by atoms with Gasteiger partial charge in [0, 0.05) is 25.4 Å². The van der Waals surface area contributed by atoms with Crippen molar-refractivity contribution in [1.82, 2.24) is 4.90 Å². The molecule has 0 aliphatic carbocycles. The Morgan fingerprint density at radius 2 is 1.66 bits per heavy atom. The van der Waals surface area contributed by atoms with Crippen molar-refractivity contribution < 1.29 is 33.3 Å². The number of rotatable bonds is 9. The SMILES string of the molecule is COC(=O)[C@H]1CN(C(=O)OC)C[C@@H]1c1ccc(OC)c(OCCCOc2ccccc2)c1. The number of para-hydroxylation sites is 1. The van der Waals surface area contributed by atoms with Crippen LogP contribution in [0.15, 0.2) is 48.5 Å². The summed E-state index contributed by atoms with van der Waals surface area (Å²) in [6.07, 6.45) is 0.219. The van der Waals surface area contributed by atoms with Gasteiger partial charge in [0.1, 0.15) is 5.75 Å². The second kappa shape index (κ2) is 11.3. The van der Waals surface area contributed by atoms with Gasteiger partial charge in [-0.15, -0.1) is 0 Å². The molecule has 0 saturated carbocycles. The Labute approximate surface area is 188 Å². The van der Waals surface area contributed by atoms with Crippen LogP contribution >= 0.6 is 0 Å². The Bertz CT molecular complexity index is 902. The van der Waals surface area contributed by atoms with Crippen LogP contribution in [0.5, 0.6) is 17.2 Å². The van der Waals surface area contributed by atoms with E-state index in [-0.39, 0.29) is 18.4 Å². The minimum atomic E-state index is -0.486. The van der Waals surface area contributed by atoms with Crippen LogP contribution in [0.4, 0.5) is 4.79 Å². The zero-order valence-corrected chi connectivity index (χ0v) is 18.6. The highest BCUT2D eigenvalue weighted by Crippen LogP contribution is 2.38. The van der Waals surface area contributed by atoms with E-state index in [4.69, 9.17) is 23.7 Å². The Morgan fingerprint density at radius 1 is 0.906 bits per heavy atom. The van der Waals surface area contributed by atoms with Gasteiger partial charge in [0.25, 0.3) is 0 Å². The van der Waals surface area contributed by atoms with Gasteiger partial charge < -0.3 is 28.6 Å². The summed E-state index contributed by atoms with van der Waals surface area (Å²) < 4.78 is 26.9. The molecule has 0 bridgehead atoms. The van der Waals surface area contributed by atoms with E-state index in [0.717, 1.165) is 11.3 Å². The summed E-state index contributed by atoms with van der Waals surface area (Å²) in [5.41, 5.74) is 0.864. The molecule has 0 aromatic heterocycles. The highest BCUT2D eigenvalue weighted by molar-refractivity contribution is 5.77. The van der Waals surface area contributed by atoms with Crippen LogP contribution in [0.2, 0.25) is 0 Å². The van der Waals surface area contributed by atoms with E-state index >= 15 is 0 Å². The fourth-order valence-electron chi connectivity index (χ4n) is 3.79. The van der Waals surface area contributed by atoms with Crippen molar-refractivity contribution >= 4 is 12.1 Å². The molecule has 1 aliphatic rings. The number of ether oxygens (including phenoxy) is 5. The molecular weight excluding hydrogens is 414 g/mol. The van der Waals surface area contributed by atoms with E-state index in [0.29, 0.717) is 37.7 Å². The molecular formula is C24H29NO7. The third kappa shape index (κ3) is 5.63. The molecule has 172 valence electrons. The molecule has 0 spiro atoms. The van der Waals surface area contributed by atoms with Crippen LogP contribution in [0.3, 0.4) is 0 Å². The summed E-state index contributed by atoms with van der Waals surface area (Å²) in [5.74, 6) is 0.894. The lowest BCUT2D eigenvalue weighted by atomic mass is 9.89. The number of carbonyl (C=O) groups excluding carboxylic acids is 2. The predicted octanol–water partition coefficient (Wildman–Crippen LogP) is 3.50.